The summed E-state index contributed by atoms with van der Waals surface area (Å²) in [6.45, 7) is 6.97. The van der Waals surface area contributed by atoms with E-state index < -0.39 is 0 Å². The molecular weight excluding hydrogens is 502 g/mol. The summed E-state index contributed by atoms with van der Waals surface area (Å²) in [7, 11) is 0. The Morgan fingerprint density at radius 1 is 1.31 bits per heavy atom. The van der Waals surface area contributed by atoms with Crippen molar-refractivity contribution in [1.82, 2.24) is 15.5 Å². The average Bonchev–Trinajstić information content (AvgIpc) is 3.16. The van der Waals surface area contributed by atoms with Crippen LogP contribution in [0.3, 0.4) is 0 Å². The van der Waals surface area contributed by atoms with E-state index in [1.807, 2.05) is 11.8 Å². The molecule has 3 rings (SSSR count). The maximum atomic E-state index is 13.4. The molecule has 0 atom stereocenters. The molecule has 5 nitrogen and oxygen atoms in total. The summed E-state index contributed by atoms with van der Waals surface area (Å²) in [5.74, 6) is 0.619. The number of carbonyl (C=O) groups excluding carboxylic acids is 1. The SMILES string of the molecule is CCNC(=NCc1ccc(F)c(C)c1)NCCC(=O)N1CCc2sccc2C1.I. The van der Waals surface area contributed by atoms with Crippen LogP contribution < -0.4 is 10.6 Å². The average molecular weight is 530 g/mol. The van der Waals surface area contributed by atoms with Crippen LogP contribution in [0, 0.1) is 12.7 Å². The van der Waals surface area contributed by atoms with Gasteiger partial charge in [-0.3, -0.25) is 4.79 Å². The van der Waals surface area contributed by atoms with Crippen molar-refractivity contribution in [1.29, 1.82) is 0 Å². The second kappa shape index (κ2) is 11.5. The molecule has 0 saturated heterocycles. The summed E-state index contributed by atoms with van der Waals surface area (Å²) in [6, 6.07) is 7.14. The summed E-state index contributed by atoms with van der Waals surface area (Å²) in [6.07, 6.45) is 1.38. The van der Waals surface area contributed by atoms with Crippen LogP contribution in [0.5, 0.6) is 0 Å². The van der Waals surface area contributed by atoms with Gasteiger partial charge in [-0.2, -0.15) is 0 Å². The van der Waals surface area contributed by atoms with Gasteiger partial charge in [-0.05, 0) is 54.5 Å². The zero-order chi connectivity index (χ0) is 19.9. The number of rotatable bonds is 6. The Morgan fingerprint density at radius 2 is 2.14 bits per heavy atom. The number of fused-ring (bicyclic) bond motifs is 1. The Bertz CT molecular complexity index is 855. The van der Waals surface area contributed by atoms with E-state index in [1.54, 1.807) is 30.4 Å². The third kappa shape index (κ3) is 6.67. The van der Waals surface area contributed by atoms with Crippen LogP contribution in [0.15, 0.2) is 34.6 Å². The van der Waals surface area contributed by atoms with Gasteiger partial charge in [0.15, 0.2) is 5.96 Å². The predicted molar refractivity (Wildman–Crippen MR) is 127 cm³/mol. The van der Waals surface area contributed by atoms with Gasteiger partial charge in [0.1, 0.15) is 5.82 Å². The fourth-order valence-electron chi connectivity index (χ4n) is 3.22. The first kappa shape index (κ1) is 23.6. The number of nitrogens with one attached hydrogen (secondary N) is 2. The molecule has 0 fully saturated rings. The summed E-state index contributed by atoms with van der Waals surface area (Å²) in [5.41, 5.74) is 2.85. The van der Waals surface area contributed by atoms with E-state index in [0.29, 0.717) is 31.0 Å². The van der Waals surface area contributed by atoms with Gasteiger partial charge in [0, 0.05) is 37.5 Å². The standard InChI is InChI=1S/C21H27FN4OS.HI/c1-3-23-21(25-13-16-4-5-18(22)15(2)12-16)24-9-6-20(27)26-10-7-19-17(14-26)8-11-28-19;/h4-5,8,11-12H,3,6-7,9-10,13-14H2,1-2H3,(H2,23,24,25);1H. The number of aryl methyl sites for hydroxylation is 1. The number of halogens is 2. The minimum Gasteiger partial charge on any atom is -0.357 e. The third-order valence-electron chi connectivity index (χ3n) is 4.78. The molecule has 2 aromatic rings. The molecule has 0 bridgehead atoms. The van der Waals surface area contributed by atoms with Crippen molar-refractivity contribution in [3.63, 3.8) is 0 Å². The van der Waals surface area contributed by atoms with E-state index in [-0.39, 0.29) is 35.7 Å². The number of benzene rings is 1. The van der Waals surface area contributed by atoms with E-state index in [2.05, 4.69) is 27.1 Å². The van der Waals surface area contributed by atoms with Gasteiger partial charge >= 0.3 is 0 Å². The molecule has 0 aliphatic carbocycles. The smallest absolute Gasteiger partial charge is 0.224 e. The van der Waals surface area contributed by atoms with E-state index in [1.165, 1.54) is 16.5 Å². The molecule has 1 aliphatic rings. The monoisotopic (exact) mass is 530 g/mol. The molecule has 1 aromatic heterocycles. The predicted octanol–water partition coefficient (Wildman–Crippen LogP) is 3.84. The fraction of sp³-hybridized carbons (Fsp3) is 0.429. The van der Waals surface area contributed by atoms with Crippen molar-refractivity contribution in [2.45, 2.75) is 39.8 Å². The topological polar surface area (TPSA) is 56.7 Å². The highest BCUT2D eigenvalue weighted by atomic mass is 127. The van der Waals surface area contributed by atoms with Crippen molar-refractivity contribution < 1.29 is 9.18 Å². The van der Waals surface area contributed by atoms with Crippen LogP contribution in [0.2, 0.25) is 0 Å². The molecule has 0 unspecified atom stereocenters. The number of hydrogen-bond donors (Lipinski definition) is 2. The normalized spacial score (nSPS) is 13.5. The van der Waals surface area contributed by atoms with E-state index in [9.17, 15) is 9.18 Å². The lowest BCUT2D eigenvalue weighted by Gasteiger charge is -2.27. The highest BCUT2D eigenvalue weighted by molar-refractivity contribution is 14.0. The lowest BCUT2D eigenvalue weighted by atomic mass is 10.1. The van der Waals surface area contributed by atoms with Gasteiger partial charge in [0.25, 0.3) is 0 Å². The summed E-state index contributed by atoms with van der Waals surface area (Å²) < 4.78 is 13.4. The van der Waals surface area contributed by atoms with Crippen molar-refractivity contribution in [2.24, 2.45) is 4.99 Å². The summed E-state index contributed by atoms with van der Waals surface area (Å²) >= 11 is 1.78. The van der Waals surface area contributed by atoms with E-state index >= 15 is 0 Å². The number of guanidine groups is 1. The maximum absolute atomic E-state index is 13.4. The largest absolute Gasteiger partial charge is 0.357 e. The second-order valence-corrected chi connectivity index (χ2v) is 7.89. The van der Waals surface area contributed by atoms with Crippen LogP contribution in [-0.2, 0) is 24.3 Å². The highest BCUT2D eigenvalue weighted by Crippen LogP contribution is 2.24. The molecule has 8 heteroatoms. The molecule has 0 radical (unpaired) electrons. The number of hydrogen-bond acceptors (Lipinski definition) is 3. The van der Waals surface area contributed by atoms with Crippen molar-refractivity contribution >= 4 is 47.2 Å². The van der Waals surface area contributed by atoms with Gasteiger partial charge in [0.2, 0.25) is 5.91 Å². The molecule has 1 aliphatic heterocycles. The van der Waals surface area contributed by atoms with Crippen LogP contribution in [0.4, 0.5) is 4.39 Å². The quantitative estimate of drug-likeness (QED) is 0.339. The first-order valence-electron chi connectivity index (χ1n) is 9.67. The minimum absolute atomic E-state index is 0. The number of amides is 1. The van der Waals surface area contributed by atoms with Gasteiger partial charge < -0.3 is 15.5 Å². The fourth-order valence-corrected chi connectivity index (χ4v) is 4.11. The maximum Gasteiger partial charge on any atom is 0.224 e. The van der Waals surface area contributed by atoms with Crippen molar-refractivity contribution in [3.05, 3.63) is 57.0 Å². The van der Waals surface area contributed by atoms with Crippen molar-refractivity contribution in [3.8, 4) is 0 Å². The first-order chi connectivity index (χ1) is 13.6. The Morgan fingerprint density at radius 3 is 2.90 bits per heavy atom. The molecule has 0 saturated carbocycles. The van der Waals surface area contributed by atoms with Gasteiger partial charge in [-0.15, -0.1) is 35.3 Å². The van der Waals surface area contributed by atoms with Crippen molar-refractivity contribution in [2.75, 3.05) is 19.6 Å². The van der Waals surface area contributed by atoms with Gasteiger partial charge in [-0.25, -0.2) is 9.38 Å². The lowest BCUT2D eigenvalue weighted by Crippen LogP contribution is -2.41. The highest BCUT2D eigenvalue weighted by Gasteiger charge is 2.20. The number of thiophene rings is 1. The molecule has 2 N–H and O–H groups in total. The van der Waals surface area contributed by atoms with E-state index in [0.717, 1.165) is 31.6 Å². The molecule has 0 spiro atoms. The molecular formula is C21H28FIN4OS. The number of aliphatic imine (C=N–C) groups is 1. The Hall–Kier alpha value is -1.68. The summed E-state index contributed by atoms with van der Waals surface area (Å²) in [4.78, 5) is 20.4. The van der Waals surface area contributed by atoms with Crippen LogP contribution >= 0.6 is 35.3 Å². The number of nitrogens with zero attached hydrogens (tertiary/aromatic N) is 2. The van der Waals surface area contributed by atoms with Gasteiger partial charge in [-0.1, -0.05) is 12.1 Å². The molecule has 158 valence electrons. The zero-order valence-corrected chi connectivity index (χ0v) is 20.0. The minimum atomic E-state index is -0.205. The third-order valence-corrected chi connectivity index (χ3v) is 5.80. The molecule has 2 heterocycles. The van der Waals surface area contributed by atoms with Gasteiger partial charge in [0.05, 0.1) is 6.54 Å². The Labute approximate surface area is 192 Å². The Balaban J connectivity index is 0.00000300. The molecule has 1 aromatic carbocycles. The second-order valence-electron chi connectivity index (χ2n) is 6.89. The van der Waals surface area contributed by atoms with Crippen LogP contribution in [-0.4, -0.2) is 36.4 Å². The van der Waals surface area contributed by atoms with Crippen LogP contribution in [0.25, 0.3) is 0 Å². The lowest BCUT2D eigenvalue weighted by molar-refractivity contribution is -0.131. The van der Waals surface area contributed by atoms with E-state index in [4.69, 9.17) is 0 Å². The summed E-state index contributed by atoms with van der Waals surface area (Å²) in [5, 5.41) is 8.50. The first-order valence-corrected chi connectivity index (χ1v) is 10.5. The zero-order valence-electron chi connectivity index (χ0n) is 16.8. The molecule has 29 heavy (non-hydrogen) atoms. The molecule has 1 amide bonds. The van der Waals surface area contributed by atoms with Crippen LogP contribution in [0.1, 0.15) is 34.9 Å². The Kier molecular flexibility index (Phi) is 9.35. The number of carbonyl (C=O) groups is 1.